The minimum Gasteiger partial charge on any atom is -0.456 e. The molecule has 1 saturated heterocycles. The molecule has 0 bridgehead atoms. The van der Waals surface area contributed by atoms with Crippen LogP contribution in [-0.2, 0) is 41.3 Å². The summed E-state index contributed by atoms with van der Waals surface area (Å²) in [5.74, 6) is -2.73. The largest absolute Gasteiger partial charge is 0.456 e. The van der Waals surface area contributed by atoms with Crippen LogP contribution in [0.2, 0.25) is 0 Å². The van der Waals surface area contributed by atoms with Gasteiger partial charge in [-0.25, -0.2) is 9.59 Å². The standard InChI is InChI=1S/C27H27ClN4O9S/c1-27(2,3)41-26(36)30-19(16-7-5-4-6-8-16)22(33)29-20-23(34)31-21(18(28)14-42(39)24(20)31)25(35)40-13-15-9-11-17(12-10-15)32(37)38/h4-12,19-20,24H,13-14H2,1-3H3,(H,29,33)(H,30,36)/t19-,20-,24-,42?/m1/s1. The first-order chi connectivity index (χ1) is 19.8. The van der Waals surface area contributed by atoms with E-state index in [9.17, 15) is 33.5 Å². The van der Waals surface area contributed by atoms with Gasteiger partial charge in [-0.15, -0.1) is 0 Å². The molecule has 2 aliphatic heterocycles. The number of hydrogen-bond acceptors (Lipinski definition) is 9. The number of halogens is 1. The maximum absolute atomic E-state index is 13.4. The molecule has 3 amide bonds. The Hall–Kier alpha value is -4.30. The molecule has 0 aromatic heterocycles. The normalized spacial score (nSPS) is 20.5. The second kappa shape index (κ2) is 12.3. The molecule has 2 N–H and O–H groups in total. The van der Waals surface area contributed by atoms with Crippen LogP contribution in [-0.4, -0.2) is 60.7 Å². The van der Waals surface area contributed by atoms with Crippen molar-refractivity contribution in [1.82, 2.24) is 15.5 Å². The third-order valence-corrected chi connectivity index (χ3v) is 8.21. The first kappa shape index (κ1) is 30.7. The van der Waals surface area contributed by atoms with Crippen LogP contribution < -0.4 is 10.6 Å². The number of nitro groups is 1. The van der Waals surface area contributed by atoms with E-state index in [1.807, 2.05) is 0 Å². The number of β-lactam (4-membered cyclic amide) rings is 1. The van der Waals surface area contributed by atoms with Crippen molar-refractivity contribution in [1.29, 1.82) is 0 Å². The predicted molar refractivity (Wildman–Crippen MR) is 150 cm³/mol. The van der Waals surface area contributed by atoms with Gasteiger partial charge in [-0.3, -0.25) is 28.8 Å². The van der Waals surface area contributed by atoms with Gasteiger partial charge in [0, 0.05) is 12.1 Å². The van der Waals surface area contributed by atoms with Gasteiger partial charge in [-0.05, 0) is 44.0 Å². The molecule has 222 valence electrons. The quantitative estimate of drug-likeness (QED) is 0.195. The minimum atomic E-state index is -1.77. The molecule has 42 heavy (non-hydrogen) atoms. The summed E-state index contributed by atoms with van der Waals surface area (Å²) >= 11 is 6.23. The van der Waals surface area contributed by atoms with Crippen molar-refractivity contribution in [3.8, 4) is 0 Å². The smallest absolute Gasteiger partial charge is 0.408 e. The van der Waals surface area contributed by atoms with Crippen LogP contribution in [0.3, 0.4) is 0 Å². The lowest BCUT2D eigenvalue weighted by Crippen LogP contribution is -2.74. The maximum atomic E-state index is 13.4. The molecule has 15 heteroatoms. The van der Waals surface area contributed by atoms with Crippen LogP contribution in [0.1, 0.15) is 37.9 Å². The molecule has 0 spiro atoms. The Morgan fingerprint density at radius 3 is 2.38 bits per heavy atom. The SMILES string of the molecule is CC(C)(C)OC(=O)N[C@@H](C(=O)N[C@@H]1C(=O)N2C(C(=O)OCc3ccc([N+](=O)[O-])cc3)=C(Cl)CS(=O)[C@H]12)c1ccccc1. The van der Waals surface area contributed by atoms with E-state index in [-0.39, 0.29) is 28.8 Å². The van der Waals surface area contributed by atoms with Crippen molar-refractivity contribution < 1.29 is 37.8 Å². The monoisotopic (exact) mass is 618 g/mol. The zero-order valence-electron chi connectivity index (χ0n) is 22.7. The fourth-order valence-corrected chi connectivity index (χ4v) is 6.24. The van der Waals surface area contributed by atoms with Gasteiger partial charge >= 0.3 is 12.1 Å². The number of carbonyl (C=O) groups is 4. The molecule has 0 radical (unpaired) electrons. The lowest BCUT2D eigenvalue weighted by molar-refractivity contribution is -0.384. The maximum Gasteiger partial charge on any atom is 0.408 e. The van der Waals surface area contributed by atoms with Gasteiger partial charge in [0.25, 0.3) is 11.6 Å². The number of rotatable bonds is 8. The predicted octanol–water partition coefficient (Wildman–Crippen LogP) is 2.77. The average Bonchev–Trinajstić information content (AvgIpc) is 2.92. The van der Waals surface area contributed by atoms with Crippen molar-refractivity contribution in [2.24, 2.45) is 0 Å². The van der Waals surface area contributed by atoms with Crippen molar-refractivity contribution >= 4 is 52.0 Å². The molecule has 4 atom stereocenters. The highest BCUT2D eigenvalue weighted by molar-refractivity contribution is 7.86. The first-order valence-corrected chi connectivity index (χ1v) is 14.4. The van der Waals surface area contributed by atoms with Crippen LogP contribution in [0.25, 0.3) is 0 Å². The van der Waals surface area contributed by atoms with E-state index in [1.165, 1.54) is 24.3 Å². The Balaban J connectivity index is 1.47. The Morgan fingerprint density at radius 2 is 1.79 bits per heavy atom. The van der Waals surface area contributed by atoms with E-state index in [1.54, 1.807) is 51.1 Å². The Kier molecular flexibility index (Phi) is 8.97. The molecule has 4 rings (SSSR count). The van der Waals surface area contributed by atoms with E-state index in [0.717, 1.165) is 4.90 Å². The van der Waals surface area contributed by atoms with Gasteiger partial charge < -0.3 is 20.1 Å². The Morgan fingerprint density at radius 1 is 1.14 bits per heavy atom. The fraction of sp³-hybridized carbons (Fsp3) is 0.333. The number of non-ortho nitro benzene ring substituents is 1. The summed E-state index contributed by atoms with van der Waals surface area (Å²) in [5, 5.41) is 14.6. The van der Waals surface area contributed by atoms with Gasteiger partial charge in [0.05, 0.1) is 26.5 Å². The summed E-state index contributed by atoms with van der Waals surface area (Å²) in [7, 11) is -1.77. The number of benzene rings is 2. The number of ether oxygens (including phenoxy) is 2. The minimum absolute atomic E-state index is 0.136. The van der Waals surface area contributed by atoms with E-state index in [4.69, 9.17) is 21.1 Å². The van der Waals surface area contributed by atoms with E-state index >= 15 is 0 Å². The number of alkyl carbamates (subject to hydrolysis) is 1. The number of esters is 1. The summed E-state index contributed by atoms with van der Waals surface area (Å²) in [6.07, 6.45) is -0.859. The molecule has 2 aromatic carbocycles. The lowest BCUT2D eigenvalue weighted by Gasteiger charge is -2.48. The third kappa shape index (κ3) is 6.77. The zero-order chi connectivity index (χ0) is 30.8. The number of hydrogen-bond donors (Lipinski definition) is 2. The highest BCUT2D eigenvalue weighted by Crippen LogP contribution is 2.37. The molecule has 1 fully saturated rings. The van der Waals surface area contributed by atoms with Gasteiger partial charge in [-0.2, -0.15) is 0 Å². The number of nitro benzene ring substituents is 1. The Bertz CT molecular complexity index is 1470. The molecule has 0 aliphatic carbocycles. The summed E-state index contributed by atoms with van der Waals surface area (Å²) in [5.41, 5.74) is -0.409. The molecule has 0 saturated carbocycles. The average molecular weight is 619 g/mol. The molecule has 1 unspecified atom stereocenters. The van der Waals surface area contributed by atoms with Crippen LogP contribution in [0.4, 0.5) is 10.5 Å². The highest BCUT2D eigenvalue weighted by atomic mass is 35.5. The third-order valence-electron chi connectivity index (χ3n) is 6.14. The molecule has 2 aromatic rings. The number of nitrogens with zero attached hydrogens (tertiary/aromatic N) is 2. The van der Waals surface area contributed by atoms with Crippen molar-refractivity contribution in [2.45, 2.75) is 50.4 Å². The Labute approximate surface area is 247 Å². The van der Waals surface area contributed by atoms with Gasteiger partial charge in [0.1, 0.15) is 35.4 Å². The van der Waals surface area contributed by atoms with Gasteiger partial charge in [-0.1, -0.05) is 41.9 Å². The van der Waals surface area contributed by atoms with Crippen LogP contribution in [0.15, 0.2) is 65.3 Å². The number of carbonyl (C=O) groups excluding carboxylic acids is 4. The zero-order valence-corrected chi connectivity index (χ0v) is 24.3. The fourth-order valence-electron chi connectivity index (χ4n) is 4.26. The second-order valence-electron chi connectivity index (χ2n) is 10.4. The number of amides is 3. The number of nitrogens with one attached hydrogen (secondary N) is 2. The first-order valence-electron chi connectivity index (χ1n) is 12.6. The molecular formula is C27H27ClN4O9S. The van der Waals surface area contributed by atoms with Crippen molar-refractivity contribution in [3.63, 3.8) is 0 Å². The van der Waals surface area contributed by atoms with Crippen LogP contribution in [0.5, 0.6) is 0 Å². The molecule has 2 heterocycles. The van der Waals surface area contributed by atoms with E-state index in [2.05, 4.69) is 10.6 Å². The van der Waals surface area contributed by atoms with Crippen LogP contribution >= 0.6 is 11.6 Å². The molecule has 13 nitrogen and oxygen atoms in total. The molecule has 2 aliphatic rings. The van der Waals surface area contributed by atoms with Crippen molar-refractivity contribution in [3.05, 3.63) is 86.6 Å². The lowest BCUT2D eigenvalue weighted by atomic mass is 10.0. The van der Waals surface area contributed by atoms with E-state index in [0.29, 0.717) is 11.1 Å². The highest BCUT2D eigenvalue weighted by Gasteiger charge is 2.57. The van der Waals surface area contributed by atoms with Crippen LogP contribution in [0, 0.1) is 10.1 Å². The molecular weight excluding hydrogens is 592 g/mol. The van der Waals surface area contributed by atoms with Gasteiger partial charge in [0.2, 0.25) is 5.91 Å². The van der Waals surface area contributed by atoms with E-state index < -0.39 is 62.7 Å². The topological polar surface area (TPSA) is 174 Å². The van der Waals surface area contributed by atoms with Crippen molar-refractivity contribution in [2.75, 3.05) is 5.75 Å². The number of fused-ring (bicyclic) bond motifs is 1. The summed E-state index contributed by atoms with van der Waals surface area (Å²) < 4.78 is 23.5. The summed E-state index contributed by atoms with van der Waals surface area (Å²) in [6.45, 7) is 4.72. The summed E-state index contributed by atoms with van der Waals surface area (Å²) in [6, 6.07) is 11.1. The summed E-state index contributed by atoms with van der Waals surface area (Å²) in [4.78, 5) is 63.2. The second-order valence-corrected chi connectivity index (χ2v) is 12.3. The van der Waals surface area contributed by atoms with Gasteiger partial charge in [0.15, 0.2) is 0 Å².